The highest BCUT2D eigenvalue weighted by Gasteiger charge is 2.22. The molecule has 0 fully saturated rings. The van der Waals surface area contributed by atoms with Crippen molar-refractivity contribution in [2.45, 2.75) is 39.8 Å². The maximum atomic E-state index is 12.0. The average molecular weight is 291 g/mol. The third-order valence-electron chi connectivity index (χ3n) is 3.12. The van der Waals surface area contributed by atoms with Crippen LogP contribution in [0.25, 0.3) is 11.0 Å². The van der Waals surface area contributed by atoms with Crippen LogP contribution in [-0.2, 0) is 11.3 Å². The van der Waals surface area contributed by atoms with Crippen molar-refractivity contribution in [3.8, 4) is 5.75 Å². The number of benzene rings is 1. The highest BCUT2D eigenvalue weighted by atomic mass is 16.6. The van der Waals surface area contributed by atoms with Crippen LogP contribution in [0.1, 0.15) is 32.1 Å². The molecule has 0 saturated heterocycles. The van der Waals surface area contributed by atoms with Gasteiger partial charge >= 0.3 is 6.09 Å². The number of carbonyl (C=O) groups excluding carboxylic acids is 1. The van der Waals surface area contributed by atoms with Crippen molar-refractivity contribution in [3.05, 3.63) is 29.5 Å². The fourth-order valence-electron chi connectivity index (χ4n) is 2.10. The first kappa shape index (κ1) is 15.2. The predicted molar refractivity (Wildman–Crippen MR) is 80.3 cm³/mol. The maximum absolute atomic E-state index is 12.0. The molecule has 0 bridgehead atoms. The molecule has 5 heteroatoms. The van der Waals surface area contributed by atoms with Crippen molar-refractivity contribution >= 4 is 17.1 Å². The largest absolute Gasteiger partial charge is 0.507 e. The molecule has 0 unspecified atom stereocenters. The van der Waals surface area contributed by atoms with E-state index < -0.39 is 11.7 Å². The number of rotatable bonds is 2. The van der Waals surface area contributed by atoms with Crippen LogP contribution in [0.4, 0.5) is 4.79 Å². The van der Waals surface area contributed by atoms with E-state index in [4.69, 9.17) is 9.15 Å². The van der Waals surface area contributed by atoms with E-state index in [0.717, 1.165) is 5.56 Å². The summed E-state index contributed by atoms with van der Waals surface area (Å²) in [5, 5.41) is 10.6. The summed E-state index contributed by atoms with van der Waals surface area (Å²) in [5.74, 6) is 0.819. The molecule has 1 heterocycles. The third-order valence-corrected chi connectivity index (χ3v) is 3.12. The second kappa shape index (κ2) is 5.31. The minimum Gasteiger partial charge on any atom is -0.507 e. The van der Waals surface area contributed by atoms with E-state index in [2.05, 4.69) is 0 Å². The number of phenols is 1. The number of furan rings is 1. The molecule has 1 aromatic carbocycles. The normalized spacial score (nSPS) is 11.7. The summed E-state index contributed by atoms with van der Waals surface area (Å²) in [5.41, 5.74) is 0.908. The highest BCUT2D eigenvalue weighted by molar-refractivity contribution is 5.88. The molecule has 21 heavy (non-hydrogen) atoms. The molecule has 5 nitrogen and oxygen atoms in total. The van der Waals surface area contributed by atoms with Gasteiger partial charge in [0.05, 0.1) is 11.9 Å². The Morgan fingerprint density at radius 1 is 1.38 bits per heavy atom. The third kappa shape index (κ3) is 3.29. The van der Waals surface area contributed by atoms with Gasteiger partial charge in [-0.1, -0.05) is 6.07 Å². The first-order chi connectivity index (χ1) is 9.69. The molecule has 1 amide bonds. The first-order valence-corrected chi connectivity index (χ1v) is 6.83. The van der Waals surface area contributed by atoms with Gasteiger partial charge in [-0.3, -0.25) is 0 Å². The number of fused-ring (bicyclic) bond motifs is 1. The van der Waals surface area contributed by atoms with Crippen LogP contribution in [0, 0.1) is 6.92 Å². The van der Waals surface area contributed by atoms with Gasteiger partial charge in [0, 0.05) is 12.6 Å². The summed E-state index contributed by atoms with van der Waals surface area (Å²) in [6, 6.07) is 5.13. The van der Waals surface area contributed by atoms with Crippen LogP contribution >= 0.6 is 0 Å². The Kier molecular flexibility index (Phi) is 3.85. The Morgan fingerprint density at radius 2 is 2.05 bits per heavy atom. The van der Waals surface area contributed by atoms with E-state index in [1.54, 1.807) is 25.2 Å². The zero-order valence-electron chi connectivity index (χ0n) is 13.1. The van der Waals surface area contributed by atoms with Gasteiger partial charge in [0.1, 0.15) is 22.7 Å². The SMILES string of the molecule is Cc1c(CN(C)C(=O)OC(C)(C)C)oc2cccc(O)c12. The molecule has 0 spiro atoms. The van der Waals surface area contributed by atoms with E-state index in [1.165, 1.54) is 4.90 Å². The van der Waals surface area contributed by atoms with Gasteiger partial charge in [0.15, 0.2) is 0 Å². The molecular weight excluding hydrogens is 270 g/mol. The van der Waals surface area contributed by atoms with Crippen LogP contribution in [0.3, 0.4) is 0 Å². The van der Waals surface area contributed by atoms with Crippen LogP contribution < -0.4 is 0 Å². The smallest absolute Gasteiger partial charge is 0.410 e. The molecule has 0 radical (unpaired) electrons. The zero-order chi connectivity index (χ0) is 15.8. The summed E-state index contributed by atoms with van der Waals surface area (Å²) < 4.78 is 11.0. The Balaban J connectivity index is 2.22. The summed E-state index contributed by atoms with van der Waals surface area (Å²) in [7, 11) is 1.65. The van der Waals surface area contributed by atoms with Crippen molar-refractivity contribution in [2.24, 2.45) is 0 Å². The van der Waals surface area contributed by atoms with Crippen LogP contribution in [0.5, 0.6) is 5.75 Å². The zero-order valence-corrected chi connectivity index (χ0v) is 13.1. The van der Waals surface area contributed by atoms with Gasteiger partial charge < -0.3 is 19.2 Å². The van der Waals surface area contributed by atoms with Gasteiger partial charge in [-0.15, -0.1) is 0 Å². The Bertz CT molecular complexity index is 667. The molecule has 0 aliphatic rings. The number of hydrogen-bond acceptors (Lipinski definition) is 4. The number of phenolic OH excluding ortho intramolecular Hbond substituents is 1. The lowest BCUT2D eigenvalue weighted by Gasteiger charge is -2.24. The molecule has 0 aliphatic carbocycles. The molecular formula is C16H21NO4. The molecule has 0 atom stereocenters. The fraction of sp³-hybridized carbons (Fsp3) is 0.438. The quantitative estimate of drug-likeness (QED) is 0.913. The second-order valence-corrected chi connectivity index (χ2v) is 6.14. The van der Waals surface area contributed by atoms with Crippen molar-refractivity contribution in [1.82, 2.24) is 4.90 Å². The van der Waals surface area contributed by atoms with Crippen LogP contribution in [-0.4, -0.2) is 28.7 Å². The lowest BCUT2D eigenvalue weighted by molar-refractivity contribution is 0.0275. The Morgan fingerprint density at radius 3 is 2.62 bits per heavy atom. The monoisotopic (exact) mass is 291 g/mol. The molecule has 114 valence electrons. The summed E-state index contributed by atoms with van der Waals surface area (Å²) in [4.78, 5) is 13.4. The van der Waals surface area contributed by atoms with Gasteiger partial charge in [-0.25, -0.2) is 4.79 Å². The number of nitrogens with zero attached hydrogens (tertiary/aromatic N) is 1. The average Bonchev–Trinajstić information content (AvgIpc) is 2.65. The first-order valence-electron chi connectivity index (χ1n) is 6.83. The highest BCUT2D eigenvalue weighted by Crippen LogP contribution is 2.32. The van der Waals surface area contributed by atoms with Crippen molar-refractivity contribution in [3.63, 3.8) is 0 Å². The van der Waals surface area contributed by atoms with Gasteiger partial charge in [-0.2, -0.15) is 0 Å². The number of aromatic hydroxyl groups is 1. The van der Waals surface area contributed by atoms with E-state index in [1.807, 2.05) is 27.7 Å². The summed E-state index contributed by atoms with van der Waals surface area (Å²) in [6.07, 6.45) is -0.411. The maximum Gasteiger partial charge on any atom is 0.410 e. The molecule has 0 aliphatic heterocycles. The fourth-order valence-corrected chi connectivity index (χ4v) is 2.10. The minimum atomic E-state index is -0.535. The van der Waals surface area contributed by atoms with Gasteiger partial charge in [0.25, 0.3) is 0 Å². The number of amides is 1. The van der Waals surface area contributed by atoms with Crippen LogP contribution in [0.2, 0.25) is 0 Å². The number of hydrogen-bond donors (Lipinski definition) is 1. The van der Waals surface area contributed by atoms with Crippen LogP contribution in [0.15, 0.2) is 22.6 Å². The number of carbonyl (C=O) groups is 1. The van der Waals surface area contributed by atoms with Crippen molar-refractivity contribution in [2.75, 3.05) is 7.05 Å². The van der Waals surface area contributed by atoms with Gasteiger partial charge in [-0.05, 0) is 39.8 Å². The van der Waals surface area contributed by atoms with Crippen molar-refractivity contribution in [1.29, 1.82) is 0 Å². The van der Waals surface area contributed by atoms with E-state index in [-0.39, 0.29) is 12.3 Å². The molecule has 1 N–H and O–H groups in total. The standard InChI is InChI=1S/C16H21NO4/c1-10-13(9-17(5)15(19)21-16(2,3)4)20-12-8-6-7-11(18)14(10)12/h6-8,18H,9H2,1-5H3. The van der Waals surface area contributed by atoms with E-state index in [9.17, 15) is 9.90 Å². The number of aryl methyl sites for hydroxylation is 1. The second-order valence-electron chi connectivity index (χ2n) is 6.14. The molecule has 0 saturated carbocycles. The Hall–Kier alpha value is -2.17. The molecule has 2 rings (SSSR count). The predicted octanol–water partition coefficient (Wildman–Crippen LogP) is 3.81. The van der Waals surface area contributed by atoms with Gasteiger partial charge in [0.2, 0.25) is 0 Å². The lowest BCUT2D eigenvalue weighted by Crippen LogP contribution is -2.33. The summed E-state index contributed by atoms with van der Waals surface area (Å²) in [6.45, 7) is 7.62. The summed E-state index contributed by atoms with van der Waals surface area (Å²) >= 11 is 0. The Labute approximate surface area is 124 Å². The van der Waals surface area contributed by atoms with E-state index in [0.29, 0.717) is 16.7 Å². The molecule has 1 aromatic heterocycles. The number of ether oxygens (including phenoxy) is 1. The van der Waals surface area contributed by atoms with E-state index >= 15 is 0 Å². The van der Waals surface area contributed by atoms with Crippen molar-refractivity contribution < 1.29 is 19.1 Å². The minimum absolute atomic E-state index is 0.180. The molecule has 2 aromatic rings. The lowest BCUT2D eigenvalue weighted by atomic mass is 10.1. The topological polar surface area (TPSA) is 62.9 Å².